The standard InChI is InChI=1S/3C2H5.Al.2ClH.Mg/c3*1-2;;;;/h3*1H2,2H3;;2*1H;/q;;-1;+1;;;+2/p-2. The van der Waals surface area contributed by atoms with Crippen molar-refractivity contribution in [3.8, 4) is 0 Å². The van der Waals surface area contributed by atoms with Crippen molar-refractivity contribution >= 4 is 38.3 Å². The molecule has 0 bridgehead atoms. The van der Waals surface area contributed by atoms with Crippen LogP contribution in [0.15, 0.2) is 0 Å². The summed E-state index contributed by atoms with van der Waals surface area (Å²) in [5.74, 6) is 0. The predicted molar refractivity (Wildman–Crippen MR) is 43.5 cm³/mol. The Hall–Kier alpha value is 1.88. The number of hydrogen-bond acceptors (Lipinski definition) is 0. The van der Waals surface area contributed by atoms with Gasteiger partial charge in [-0.2, -0.15) is 6.92 Å². The summed E-state index contributed by atoms with van der Waals surface area (Å²) in [6.07, 6.45) is 0. The van der Waals surface area contributed by atoms with Crippen LogP contribution in [-0.2, 0) is 0 Å². The van der Waals surface area contributed by atoms with Crippen molar-refractivity contribution in [3.63, 3.8) is 0 Å². The van der Waals surface area contributed by atoms with Crippen molar-refractivity contribution in [1.29, 1.82) is 0 Å². The average molecular weight is 209 g/mol. The summed E-state index contributed by atoms with van der Waals surface area (Å²) in [4.78, 5) is 0. The Labute approximate surface area is 101 Å². The maximum atomic E-state index is 3.25. The van der Waals surface area contributed by atoms with E-state index < -0.39 is 0 Å². The van der Waals surface area contributed by atoms with E-state index >= 15 is 0 Å². The fourth-order valence-electron chi connectivity index (χ4n) is 0.289. The van der Waals surface area contributed by atoms with Gasteiger partial charge in [0.15, 0.2) is 0 Å². The maximum absolute atomic E-state index is 3.25. The van der Waals surface area contributed by atoms with Gasteiger partial charge >= 0.3 is 62.7 Å². The molecule has 0 N–H and O–H groups in total. The molecule has 0 aliphatic rings. The fraction of sp³-hybridized carbons (Fsp3) is 0.833. The van der Waals surface area contributed by atoms with Crippen LogP contribution in [0, 0.1) is 6.92 Å². The largest absolute Gasteiger partial charge is 2.00 e. The quantitative estimate of drug-likeness (QED) is 0.322. The molecule has 0 saturated carbocycles. The molecule has 0 radical (unpaired) electrons. The molecule has 58 valence electrons. The van der Waals surface area contributed by atoms with Crippen molar-refractivity contribution < 1.29 is 24.8 Å². The van der Waals surface area contributed by atoms with Crippen LogP contribution in [0.4, 0.5) is 0 Å². The van der Waals surface area contributed by atoms with E-state index in [1.165, 1.54) is 10.6 Å². The molecule has 0 unspecified atom stereocenters. The van der Waals surface area contributed by atoms with Gasteiger partial charge in [-0.1, -0.05) is 0 Å². The van der Waals surface area contributed by atoms with Gasteiger partial charge in [-0.15, -0.1) is 0 Å². The summed E-state index contributed by atoms with van der Waals surface area (Å²) < 4.78 is 0. The third kappa shape index (κ3) is 51.8. The third-order valence-electron chi connectivity index (χ3n) is 0.577. The monoisotopic (exact) mass is 208 g/mol. The molecule has 0 atom stereocenters. The normalized spacial score (nSPS) is 4.00. The Morgan fingerprint density at radius 2 is 1.20 bits per heavy atom. The van der Waals surface area contributed by atoms with Crippen molar-refractivity contribution in [2.45, 2.75) is 31.3 Å². The van der Waals surface area contributed by atoms with Crippen LogP contribution in [0.25, 0.3) is 0 Å². The summed E-state index contributed by atoms with van der Waals surface area (Å²) >= 11 is 0.815. The van der Waals surface area contributed by atoms with Gasteiger partial charge in [-0.25, -0.2) is 0 Å². The second-order valence-corrected chi connectivity index (χ2v) is 3.32. The minimum atomic E-state index is 0. The molecule has 0 saturated heterocycles. The second kappa shape index (κ2) is 44.6. The smallest absolute Gasteiger partial charge is 1.00 e. The van der Waals surface area contributed by atoms with Crippen molar-refractivity contribution in [3.05, 3.63) is 6.92 Å². The first kappa shape index (κ1) is 29.7. The van der Waals surface area contributed by atoms with Gasteiger partial charge in [0.2, 0.25) is 0 Å². The predicted octanol–water partition coefficient (Wildman–Crippen LogP) is -3.97. The van der Waals surface area contributed by atoms with E-state index in [9.17, 15) is 0 Å². The van der Waals surface area contributed by atoms with Crippen molar-refractivity contribution in [2.75, 3.05) is 0 Å². The van der Waals surface area contributed by atoms with Gasteiger partial charge in [-0.3, -0.25) is 0 Å². The molecule has 10 heavy (non-hydrogen) atoms. The number of halogens is 2. The van der Waals surface area contributed by atoms with Crippen LogP contribution in [0.1, 0.15) is 20.8 Å². The van der Waals surface area contributed by atoms with Gasteiger partial charge in [0.05, 0.1) is 0 Å². The van der Waals surface area contributed by atoms with Crippen LogP contribution < -0.4 is 24.8 Å². The molecule has 0 heterocycles. The van der Waals surface area contributed by atoms with Crippen molar-refractivity contribution in [2.24, 2.45) is 0 Å². The summed E-state index contributed by atoms with van der Waals surface area (Å²) in [5, 5.41) is 2.85. The van der Waals surface area contributed by atoms with Gasteiger partial charge in [0.25, 0.3) is 0 Å². The molecule has 0 amide bonds. The van der Waals surface area contributed by atoms with Crippen LogP contribution in [0.5, 0.6) is 0 Å². The van der Waals surface area contributed by atoms with E-state index in [1.807, 2.05) is 0 Å². The molecule has 0 fully saturated rings. The first-order chi connectivity index (χ1) is 3.41. The van der Waals surface area contributed by atoms with E-state index in [4.69, 9.17) is 0 Å². The molecule has 0 aliphatic carbocycles. The first-order valence-corrected chi connectivity index (χ1v) is 4.57. The van der Waals surface area contributed by atoms with Crippen LogP contribution in [-0.4, -0.2) is 38.3 Å². The van der Waals surface area contributed by atoms with Gasteiger partial charge in [0, 0.05) is 0 Å². The Bertz CT molecular complexity index is 23.2. The first-order valence-electron chi connectivity index (χ1n) is 2.94. The molecular weight excluding hydrogens is 194 g/mol. The molecule has 0 aromatic carbocycles. The van der Waals surface area contributed by atoms with Gasteiger partial charge < -0.3 is 31.7 Å². The molecule has 0 nitrogen and oxygen atoms in total. The Kier molecular flexibility index (Phi) is 133. The molecular formula is C6H15AlCl2Mg. The molecule has 0 aromatic heterocycles. The second-order valence-electron chi connectivity index (χ2n) is 1.11. The Morgan fingerprint density at radius 1 is 1.00 bits per heavy atom. The van der Waals surface area contributed by atoms with E-state index in [0.29, 0.717) is 0 Å². The van der Waals surface area contributed by atoms with Gasteiger partial charge in [-0.05, 0) is 0 Å². The van der Waals surface area contributed by atoms with E-state index in [-0.39, 0.29) is 47.9 Å². The molecule has 0 rings (SSSR count). The van der Waals surface area contributed by atoms with Crippen molar-refractivity contribution in [1.82, 2.24) is 0 Å². The minimum Gasteiger partial charge on any atom is -1.00 e. The molecule has 0 spiro atoms. The Balaban J connectivity index is -0.0000000154. The SMILES string of the molecule is C[CH2][Al+][CH2]C.[CH2-]C.[Cl-].[Cl-].[Mg+2]. The zero-order chi connectivity index (χ0) is 6.12. The van der Waals surface area contributed by atoms with Crippen LogP contribution >= 0.6 is 0 Å². The van der Waals surface area contributed by atoms with Crippen LogP contribution in [0.3, 0.4) is 0 Å². The zero-order valence-corrected chi connectivity index (χ0v) is 11.2. The number of hydrogen-bond donors (Lipinski definition) is 0. The van der Waals surface area contributed by atoms with E-state index in [1.54, 1.807) is 6.92 Å². The fourth-order valence-corrected chi connectivity index (χ4v) is 0.866. The summed E-state index contributed by atoms with van der Waals surface area (Å²) in [7, 11) is 0. The van der Waals surface area contributed by atoms with Crippen LogP contribution in [0.2, 0.25) is 10.6 Å². The Morgan fingerprint density at radius 3 is 1.20 bits per heavy atom. The summed E-state index contributed by atoms with van der Waals surface area (Å²) in [6, 6.07) is 0. The topological polar surface area (TPSA) is 0 Å². The third-order valence-corrected chi connectivity index (χ3v) is 1.73. The van der Waals surface area contributed by atoms with E-state index in [2.05, 4.69) is 20.8 Å². The number of rotatable bonds is 2. The zero-order valence-electron chi connectivity index (χ0n) is 7.16. The molecule has 0 aliphatic heterocycles. The molecule has 4 heteroatoms. The average Bonchev–Trinajstić information content (AvgIpc) is 1.75. The summed E-state index contributed by atoms with van der Waals surface area (Å²) in [6.45, 7) is 9.50. The summed E-state index contributed by atoms with van der Waals surface area (Å²) in [5.41, 5.74) is 0. The maximum Gasteiger partial charge on any atom is 2.00 e. The molecule has 0 aromatic rings. The van der Waals surface area contributed by atoms with E-state index in [0.717, 1.165) is 15.2 Å². The minimum absolute atomic E-state index is 0. The van der Waals surface area contributed by atoms with Gasteiger partial charge in [0.1, 0.15) is 0 Å².